The van der Waals surface area contributed by atoms with Crippen LogP contribution in [0.1, 0.15) is 46.8 Å². The van der Waals surface area contributed by atoms with Crippen LogP contribution in [0.5, 0.6) is 5.75 Å². The van der Waals surface area contributed by atoms with Gasteiger partial charge in [0.1, 0.15) is 11.4 Å². The molecule has 1 unspecified atom stereocenters. The van der Waals surface area contributed by atoms with Crippen molar-refractivity contribution in [1.29, 1.82) is 0 Å². The van der Waals surface area contributed by atoms with E-state index < -0.39 is 29.6 Å². The number of carbonyl (C=O) groups excluding carboxylic acids is 2. The van der Waals surface area contributed by atoms with Gasteiger partial charge in [-0.25, -0.2) is 9.37 Å². The summed E-state index contributed by atoms with van der Waals surface area (Å²) in [5.74, 6) is -1.05. The van der Waals surface area contributed by atoms with E-state index in [0.717, 1.165) is 30.3 Å². The minimum atomic E-state index is -3.23. The standard InChI is InChI=1S/C28H24ClF3N8O3/c1-12-6-19(37-38-25(12)39-10-15-7-17(15)27(39)42)14(3)40-11-16(8-34-40)35-26(41)24-13(2)33-9-20(36-24)22-21(43-28(31)32)5-4-18(29)23(22)30/h4-6,8-9,11,14-15,17,28H,7,10H2,1-3H3,(H,35,41)/t14?,15-,17-/m1/s1. The number of rotatable bonds is 8. The summed E-state index contributed by atoms with van der Waals surface area (Å²) >= 11 is 5.86. The smallest absolute Gasteiger partial charge is 0.387 e. The SMILES string of the molecule is Cc1cc(C(C)n2cc(NC(=O)c3nc(-c4c(OC(F)F)ccc(Cl)c4F)cnc3C)cn2)nnc1N1C[C@H]2C[C@H]2C1=O. The van der Waals surface area contributed by atoms with E-state index >= 15 is 0 Å². The van der Waals surface area contributed by atoms with E-state index in [0.29, 0.717) is 29.7 Å². The van der Waals surface area contributed by atoms with Crippen molar-refractivity contribution in [3.8, 4) is 17.0 Å². The van der Waals surface area contributed by atoms with Crippen LogP contribution in [0.15, 0.2) is 36.8 Å². The Labute approximate surface area is 248 Å². The molecule has 2 aliphatic rings. The third-order valence-electron chi connectivity index (χ3n) is 7.54. The number of nitrogens with zero attached hydrogens (tertiary/aromatic N) is 7. The highest BCUT2D eigenvalue weighted by Crippen LogP contribution is 2.47. The summed E-state index contributed by atoms with van der Waals surface area (Å²) in [6.45, 7) is 2.69. The molecule has 222 valence electrons. The predicted octanol–water partition coefficient (Wildman–Crippen LogP) is 4.99. The van der Waals surface area contributed by atoms with Gasteiger partial charge in [0.2, 0.25) is 5.91 Å². The molecular formula is C28H24ClF3N8O3. The van der Waals surface area contributed by atoms with Crippen molar-refractivity contribution in [1.82, 2.24) is 29.9 Å². The monoisotopic (exact) mass is 612 g/mol. The highest BCUT2D eigenvalue weighted by atomic mass is 35.5. The first-order chi connectivity index (χ1) is 20.5. The quantitative estimate of drug-likeness (QED) is 0.295. The fourth-order valence-corrected chi connectivity index (χ4v) is 5.29. The molecule has 1 N–H and O–H groups in total. The average molecular weight is 613 g/mol. The van der Waals surface area contributed by atoms with Gasteiger partial charge in [-0.15, -0.1) is 5.10 Å². The van der Waals surface area contributed by atoms with Crippen molar-refractivity contribution in [2.45, 2.75) is 39.8 Å². The number of benzene rings is 1. The molecule has 0 spiro atoms. The molecule has 2 amide bonds. The van der Waals surface area contributed by atoms with E-state index in [1.165, 1.54) is 13.1 Å². The number of nitrogens with one attached hydrogen (secondary N) is 1. The first-order valence-corrected chi connectivity index (χ1v) is 13.7. The van der Waals surface area contributed by atoms with Crippen LogP contribution >= 0.6 is 11.6 Å². The van der Waals surface area contributed by atoms with E-state index in [-0.39, 0.29) is 40.0 Å². The van der Waals surface area contributed by atoms with Crippen LogP contribution in [-0.4, -0.2) is 54.9 Å². The number of aryl methyl sites for hydroxylation is 2. The number of hydrogen-bond donors (Lipinski definition) is 1. The molecule has 4 aromatic rings. The number of amides is 2. The third kappa shape index (κ3) is 5.38. The molecule has 11 nitrogen and oxygen atoms in total. The Morgan fingerprint density at radius 2 is 2.00 bits per heavy atom. The molecule has 0 bridgehead atoms. The van der Waals surface area contributed by atoms with Crippen LogP contribution in [0.25, 0.3) is 11.3 Å². The summed E-state index contributed by atoms with van der Waals surface area (Å²) in [5.41, 5.74) is 1.11. The number of halogens is 4. The lowest BCUT2D eigenvalue weighted by molar-refractivity contribution is -0.118. The number of aromatic nitrogens is 6. The second-order valence-electron chi connectivity index (χ2n) is 10.5. The first kappa shape index (κ1) is 28.5. The molecule has 3 aromatic heterocycles. The molecule has 43 heavy (non-hydrogen) atoms. The lowest BCUT2D eigenvalue weighted by Gasteiger charge is -2.20. The van der Waals surface area contributed by atoms with Crippen LogP contribution < -0.4 is 15.0 Å². The molecule has 6 rings (SSSR count). The van der Waals surface area contributed by atoms with Gasteiger partial charge in [-0.05, 0) is 56.9 Å². The Kier molecular flexibility index (Phi) is 7.24. The Bertz CT molecular complexity index is 1770. The van der Waals surface area contributed by atoms with Crippen LogP contribution in [0.3, 0.4) is 0 Å². The van der Waals surface area contributed by atoms with Gasteiger partial charge in [0.15, 0.2) is 11.6 Å². The van der Waals surface area contributed by atoms with Gasteiger partial charge >= 0.3 is 6.61 Å². The number of hydrogen-bond acceptors (Lipinski definition) is 8. The maximum Gasteiger partial charge on any atom is 0.387 e. The zero-order valence-corrected chi connectivity index (χ0v) is 23.8. The maximum atomic E-state index is 14.9. The second kappa shape index (κ2) is 10.9. The number of ether oxygens (including phenoxy) is 1. The summed E-state index contributed by atoms with van der Waals surface area (Å²) < 4.78 is 46.8. The summed E-state index contributed by atoms with van der Waals surface area (Å²) in [5, 5.41) is 15.3. The zero-order valence-electron chi connectivity index (χ0n) is 23.1. The summed E-state index contributed by atoms with van der Waals surface area (Å²) in [6, 6.07) is 3.65. The highest BCUT2D eigenvalue weighted by molar-refractivity contribution is 6.31. The fourth-order valence-electron chi connectivity index (χ4n) is 5.13. The predicted molar refractivity (Wildman–Crippen MR) is 149 cm³/mol. The zero-order chi connectivity index (χ0) is 30.6. The average Bonchev–Trinajstić information content (AvgIpc) is 3.47. The number of alkyl halides is 2. The highest BCUT2D eigenvalue weighted by Gasteiger charge is 2.53. The summed E-state index contributed by atoms with van der Waals surface area (Å²) in [6.07, 6.45) is 5.10. The molecule has 15 heteroatoms. The number of carbonyl (C=O) groups is 2. The number of fused-ring (bicyclic) bond motifs is 1. The van der Waals surface area contributed by atoms with Crippen molar-refractivity contribution in [2.24, 2.45) is 11.8 Å². The fraction of sp³-hybridized carbons (Fsp3) is 0.321. The molecule has 1 aliphatic heterocycles. The Morgan fingerprint density at radius 1 is 1.21 bits per heavy atom. The van der Waals surface area contributed by atoms with E-state index in [2.05, 4.69) is 35.3 Å². The normalized spacial score (nSPS) is 18.1. The molecule has 1 saturated heterocycles. The van der Waals surface area contributed by atoms with Crippen LogP contribution in [0.2, 0.25) is 5.02 Å². The molecule has 0 radical (unpaired) electrons. The van der Waals surface area contributed by atoms with E-state index in [1.807, 2.05) is 19.9 Å². The van der Waals surface area contributed by atoms with E-state index in [1.54, 1.807) is 15.8 Å². The van der Waals surface area contributed by atoms with Crippen molar-refractivity contribution in [2.75, 3.05) is 16.8 Å². The van der Waals surface area contributed by atoms with Gasteiger partial charge in [-0.2, -0.15) is 19.0 Å². The van der Waals surface area contributed by atoms with Gasteiger partial charge in [0.25, 0.3) is 5.91 Å². The lowest BCUT2D eigenvalue weighted by Crippen LogP contribution is -2.30. The van der Waals surface area contributed by atoms with Gasteiger partial charge < -0.3 is 10.1 Å². The largest absolute Gasteiger partial charge is 0.434 e. The van der Waals surface area contributed by atoms with Gasteiger partial charge in [-0.1, -0.05) is 11.6 Å². The molecule has 3 atom stereocenters. The van der Waals surface area contributed by atoms with Gasteiger partial charge in [0, 0.05) is 18.7 Å². The molecule has 1 saturated carbocycles. The van der Waals surface area contributed by atoms with Crippen LogP contribution in [0, 0.1) is 31.5 Å². The number of anilines is 2. The van der Waals surface area contributed by atoms with Gasteiger partial charge in [0.05, 0.1) is 51.8 Å². The third-order valence-corrected chi connectivity index (χ3v) is 7.83. The molecule has 1 aromatic carbocycles. The summed E-state index contributed by atoms with van der Waals surface area (Å²) in [7, 11) is 0. The van der Waals surface area contributed by atoms with Crippen molar-refractivity contribution in [3.05, 3.63) is 70.3 Å². The minimum Gasteiger partial charge on any atom is -0.434 e. The van der Waals surface area contributed by atoms with Crippen molar-refractivity contribution >= 4 is 34.9 Å². The van der Waals surface area contributed by atoms with Crippen molar-refractivity contribution < 1.29 is 27.5 Å². The van der Waals surface area contributed by atoms with Crippen LogP contribution in [-0.2, 0) is 4.79 Å². The topological polar surface area (TPSA) is 128 Å². The minimum absolute atomic E-state index is 0.0979. The summed E-state index contributed by atoms with van der Waals surface area (Å²) in [4.78, 5) is 35.6. The molecule has 2 fully saturated rings. The first-order valence-electron chi connectivity index (χ1n) is 13.3. The molecular weight excluding hydrogens is 589 g/mol. The molecule has 1 aliphatic carbocycles. The number of piperidine rings is 1. The lowest BCUT2D eigenvalue weighted by atomic mass is 10.1. The van der Waals surface area contributed by atoms with Crippen LogP contribution in [0.4, 0.5) is 24.7 Å². The maximum absolute atomic E-state index is 14.9. The molecule has 4 heterocycles. The van der Waals surface area contributed by atoms with Gasteiger partial charge in [-0.3, -0.25) is 24.2 Å². The second-order valence-corrected chi connectivity index (χ2v) is 10.9. The Morgan fingerprint density at radius 3 is 2.70 bits per heavy atom. The Hall–Kier alpha value is -4.59. The Balaban J connectivity index is 1.20. The van der Waals surface area contributed by atoms with E-state index in [4.69, 9.17) is 11.6 Å². The van der Waals surface area contributed by atoms with E-state index in [9.17, 15) is 22.8 Å². The van der Waals surface area contributed by atoms with Crippen molar-refractivity contribution in [3.63, 3.8) is 0 Å².